The van der Waals surface area contributed by atoms with Crippen LogP contribution < -0.4 is 4.74 Å². The van der Waals surface area contributed by atoms with Crippen LogP contribution in [0.25, 0.3) is 6.08 Å². The van der Waals surface area contributed by atoms with E-state index in [1.807, 2.05) is 31.2 Å². The Balaban J connectivity index is 1.85. The normalized spacial score (nSPS) is 15.2. The van der Waals surface area contributed by atoms with Gasteiger partial charge in [-0.05, 0) is 60.5 Å². The first-order valence-corrected chi connectivity index (χ1v) is 12.9. The molecule has 33 heavy (non-hydrogen) atoms. The van der Waals surface area contributed by atoms with Crippen molar-refractivity contribution in [3.05, 3.63) is 95.7 Å². The van der Waals surface area contributed by atoms with E-state index in [0.717, 1.165) is 21.0 Å². The van der Waals surface area contributed by atoms with Gasteiger partial charge in [0.1, 0.15) is 11.6 Å². The Morgan fingerprint density at radius 3 is 2.15 bits per heavy atom. The van der Waals surface area contributed by atoms with E-state index in [-0.39, 0.29) is 22.0 Å². The first-order chi connectivity index (χ1) is 15.7. The van der Waals surface area contributed by atoms with Gasteiger partial charge in [-0.1, -0.05) is 42.0 Å². The third-order valence-corrected chi connectivity index (χ3v) is 8.25. The van der Waals surface area contributed by atoms with Crippen LogP contribution in [0.15, 0.2) is 93.2 Å². The number of methoxy groups -OCH3 is 1. The molecule has 170 valence electrons. The van der Waals surface area contributed by atoms with E-state index >= 15 is 0 Å². The number of aryl methyl sites for hydroxylation is 1. The van der Waals surface area contributed by atoms with E-state index in [4.69, 9.17) is 4.74 Å². The van der Waals surface area contributed by atoms with Crippen molar-refractivity contribution in [3.8, 4) is 5.75 Å². The maximum Gasteiger partial charge on any atom is 0.283 e. The maximum absolute atomic E-state index is 13.5. The standard InChI is InChI=1S/C24H22N2O5S2/c1-18-7-11-23(12-8-18)33(29,30)26-16-15-19-5-3-4-6-20(19)17-24(26)25-32(27,28)22-13-9-21(31-2)10-14-22/h3-16H,17H2,1-2H3/b25-24-. The molecule has 0 saturated carbocycles. The fourth-order valence-electron chi connectivity index (χ4n) is 3.39. The Morgan fingerprint density at radius 2 is 1.48 bits per heavy atom. The molecular weight excluding hydrogens is 460 g/mol. The van der Waals surface area contributed by atoms with Gasteiger partial charge in [-0.25, -0.2) is 12.7 Å². The van der Waals surface area contributed by atoms with Gasteiger partial charge in [-0.3, -0.25) is 0 Å². The summed E-state index contributed by atoms with van der Waals surface area (Å²) in [5, 5.41) is 0. The highest BCUT2D eigenvalue weighted by Gasteiger charge is 2.30. The Morgan fingerprint density at radius 1 is 0.848 bits per heavy atom. The second-order valence-corrected chi connectivity index (χ2v) is 10.9. The minimum absolute atomic E-state index is 0.0175. The smallest absolute Gasteiger partial charge is 0.283 e. The van der Waals surface area contributed by atoms with Gasteiger partial charge in [0.2, 0.25) is 0 Å². The zero-order valence-electron chi connectivity index (χ0n) is 18.0. The number of sulfonamides is 2. The van der Waals surface area contributed by atoms with Crippen LogP contribution in [-0.4, -0.2) is 34.1 Å². The lowest BCUT2D eigenvalue weighted by Gasteiger charge is -2.21. The molecule has 1 aliphatic rings. The molecule has 9 heteroatoms. The Kier molecular flexibility index (Phi) is 6.09. The monoisotopic (exact) mass is 482 g/mol. The van der Waals surface area contributed by atoms with Crippen molar-refractivity contribution in [2.75, 3.05) is 7.11 Å². The van der Waals surface area contributed by atoms with E-state index in [9.17, 15) is 16.8 Å². The molecule has 3 aromatic rings. The molecule has 0 atom stereocenters. The fraction of sp³-hybridized carbons (Fsp3) is 0.125. The largest absolute Gasteiger partial charge is 0.497 e. The molecule has 0 saturated heterocycles. The minimum Gasteiger partial charge on any atom is -0.497 e. The molecule has 0 fully saturated rings. The summed E-state index contributed by atoms with van der Waals surface area (Å²) >= 11 is 0. The van der Waals surface area contributed by atoms with Crippen LogP contribution in [0.5, 0.6) is 5.75 Å². The van der Waals surface area contributed by atoms with Gasteiger partial charge in [0.15, 0.2) is 0 Å². The molecule has 0 unspecified atom stereocenters. The highest BCUT2D eigenvalue weighted by atomic mass is 32.2. The van der Waals surface area contributed by atoms with Gasteiger partial charge >= 0.3 is 0 Å². The average molecular weight is 483 g/mol. The number of rotatable bonds is 5. The third-order valence-electron chi connectivity index (χ3n) is 5.21. The van der Waals surface area contributed by atoms with Crippen molar-refractivity contribution in [1.82, 2.24) is 4.31 Å². The summed E-state index contributed by atoms with van der Waals surface area (Å²) in [6.45, 7) is 1.85. The van der Waals surface area contributed by atoms with Crippen LogP contribution in [0, 0.1) is 6.92 Å². The number of amidine groups is 1. The Labute approximate surface area is 193 Å². The second-order valence-electron chi connectivity index (χ2n) is 7.46. The SMILES string of the molecule is COc1ccc(S(=O)(=O)/N=C2/Cc3ccccc3C=CN2S(=O)(=O)c2ccc(C)cc2)cc1. The van der Waals surface area contributed by atoms with Crippen LogP contribution in [0.3, 0.4) is 0 Å². The van der Waals surface area contributed by atoms with E-state index in [2.05, 4.69) is 4.40 Å². The van der Waals surface area contributed by atoms with Gasteiger partial charge in [-0.2, -0.15) is 8.42 Å². The molecule has 3 aromatic carbocycles. The molecule has 7 nitrogen and oxygen atoms in total. The van der Waals surface area contributed by atoms with Crippen LogP contribution in [-0.2, 0) is 26.5 Å². The van der Waals surface area contributed by atoms with Crippen molar-refractivity contribution in [1.29, 1.82) is 0 Å². The number of hydrogen-bond donors (Lipinski definition) is 0. The zero-order chi connectivity index (χ0) is 23.6. The summed E-state index contributed by atoms with van der Waals surface area (Å²) in [6.07, 6.45) is 3.01. The summed E-state index contributed by atoms with van der Waals surface area (Å²) in [5.41, 5.74) is 2.46. The lowest BCUT2D eigenvalue weighted by Crippen LogP contribution is -2.33. The first kappa shape index (κ1) is 22.8. The number of benzene rings is 3. The third kappa shape index (κ3) is 4.69. The quantitative estimate of drug-likeness (QED) is 0.548. The van der Waals surface area contributed by atoms with E-state index < -0.39 is 20.0 Å². The fourth-order valence-corrected chi connectivity index (χ4v) is 5.77. The van der Waals surface area contributed by atoms with E-state index in [0.29, 0.717) is 5.75 Å². The molecule has 0 spiro atoms. The van der Waals surface area contributed by atoms with Gasteiger partial charge < -0.3 is 4.74 Å². The predicted octanol–water partition coefficient (Wildman–Crippen LogP) is 4.01. The lowest BCUT2D eigenvalue weighted by atomic mass is 10.1. The minimum atomic E-state index is -4.19. The second kappa shape index (κ2) is 8.84. The Hall–Kier alpha value is -3.43. The lowest BCUT2D eigenvalue weighted by molar-refractivity contribution is 0.414. The summed E-state index contributed by atoms with van der Waals surface area (Å²) in [5.74, 6) is 0.379. The van der Waals surface area contributed by atoms with Crippen molar-refractivity contribution in [2.24, 2.45) is 4.40 Å². The van der Waals surface area contributed by atoms with Crippen molar-refractivity contribution >= 4 is 32.0 Å². The molecule has 0 amide bonds. The van der Waals surface area contributed by atoms with Gasteiger partial charge in [-0.15, -0.1) is 4.40 Å². The molecule has 0 N–H and O–H groups in total. The van der Waals surface area contributed by atoms with Crippen molar-refractivity contribution < 1.29 is 21.6 Å². The van der Waals surface area contributed by atoms with Crippen LogP contribution in [0.1, 0.15) is 16.7 Å². The van der Waals surface area contributed by atoms with Crippen LogP contribution in [0.2, 0.25) is 0 Å². The topological polar surface area (TPSA) is 93.1 Å². The number of nitrogens with zero attached hydrogens (tertiary/aromatic N) is 2. The first-order valence-electron chi connectivity index (χ1n) is 10.1. The van der Waals surface area contributed by atoms with Crippen LogP contribution >= 0.6 is 0 Å². The van der Waals surface area contributed by atoms with E-state index in [1.165, 1.54) is 49.7 Å². The molecule has 0 aliphatic carbocycles. The molecule has 0 bridgehead atoms. The molecular formula is C24H22N2O5S2. The highest BCUT2D eigenvalue weighted by molar-refractivity contribution is 7.91. The van der Waals surface area contributed by atoms with Crippen molar-refractivity contribution in [3.63, 3.8) is 0 Å². The maximum atomic E-state index is 13.5. The summed E-state index contributed by atoms with van der Waals surface area (Å²) in [7, 11) is -6.82. The highest BCUT2D eigenvalue weighted by Crippen LogP contribution is 2.26. The zero-order valence-corrected chi connectivity index (χ0v) is 19.7. The summed E-state index contributed by atoms with van der Waals surface area (Å²) in [6, 6.07) is 19.4. The van der Waals surface area contributed by atoms with Crippen molar-refractivity contribution in [2.45, 2.75) is 23.1 Å². The molecule has 1 heterocycles. The Bertz CT molecular complexity index is 1440. The number of ether oxygens (including phenoxy) is 1. The van der Waals surface area contributed by atoms with Gasteiger partial charge in [0.05, 0.1) is 16.9 Å². The van der Waals surface area contributed by atoms with E-state index in [1.54, 1.807) is 18.2 Å². The molecule has 1 aliphatic heterocycles. The molecule has 0 aromatic heterocycles. The van der Waals surface area contributed by atoms with Gasteiger partial charge in [0, 0.05) is 12.6 Å². The predicted molar refractivity (Wildman–Crippen MR) is 127 cm³/mol. The summed E-state index contributed by atoms with van der Waals surface area (Å²) < 4.78 is 63.2. The number of hydrogen-bond acceptors (Lipinski definition) is 5. The summed E-state index contributed by atoms with van der Waals surface area (Å²) in [4.78, 5) is -0.0248. The number of fused-ring (bicyclic) bond motifs is 1. The van der Waals surface area contributed by atoms with Crippen LogP contribution in [0.4, 0.5) is 0 Å². The van der Waals surface area contributed by atoms with Gasteiger partial charge in [0.25, 0.3) is 20.0 Å². The molecule has 0 radical (unpaired) electrons. The molecule has 4 rings (SSSR count). The average Bonchev–Trinajstić information content (AvgIpc) is 2.98.